The van der Waals surface area contributed by atoms with E-state index in [4.69, 9.17) is 4.74 Å². The summed E-state index contributed by atoms with van der Waals surface area (Å²) < 4.78 is 5.83. The predicted molar refractivity (Wildman–Crippen MR) is 96.6 cm³/mol. The van der Waals surface area contributed by atoms with Crippen LogP contribution >= 0.6 is 11.8 Å². The van der Waals surface area contributed by atoms with Gasteiger partial charge in [-0.05, 0) is 55.5 Å². The van der Waals surface area contributed by atoms with Crippen LogP contribution in [0, 0.1) is 5.92 Å². The molecule has 0 saturated carbocycles. The van der Waals surface area contributed by atoms with Crippen LogP contribution < -0.4 is 4.74 Å². The highest BCUT2D eigenvalue weighted by Gasteiger charge is 2.24. The maximum atomic E-state index is 12.7. The summed E-state index contributed by atoms with van der Waals surface area (Å²) >= 11 is 1.68. The van der Waals surface area contributed by atoms with Gasteiger partial charge in [0.05, 0.1) is 6.61 Å². The number of piperidine rings is 1. The van der Waals surface area contributed by atoms with E-state index in [9.17, 15) is 4.79 Å². The lowest BCUT2D eigenvalue weighted by atomic mass is 9.98. The molecule has 0 bridgehead atoms. The maximum Gasteiger partial charge on any atom is 0.253 e. The van der Waals surface area contributed by atoms with Crippen molar-refractivity contribution < 1.29 is 9.53 Å². The summed E-state index contributed by atoms with van der Waals surface area (Å²) in [5, 5.41) is 0. The Balaban J connectivity index is 1.57. The third kappa shape index (κ3) is 4.29. The highest BCUT2D eigenvalue weighted by atomic mass is 32.2. The molecule has 0 radical (unpaired) electrons. The van der Waals surface area contributed by atoms with E-state index < -0.39 is 0 Å². The molecule has 2 heterocycles. The van der Waals surface area contributed by atoms with Gasteiger partial charge in [-0.15, -0.1) is 11.8 Å². The van der Waals surface area contributed by atoms with E-state index in [1.807, 2.05) is 47.6 Å². The van der Waals surface area contributed by atoms with Gasteiger partial charge in [0, 0.05) is 41.9 Å². The minimum atomic E-state index is 0.122. The number of aromatic nitrogens is 1. The Morgan fingerprint density at radius 3 is 2.71 bits per heavy atom. The number of ether oxygens (including phenoxy) is 1. The standard InChI is InChI=1S/C19H22N2O2S/c1-24-18-6-4-16(5-7-18)19(22)21-12-2-3-15(13-21)14-23-17-8-10-20-11-9-17/h4-11,15H,2-3,12-14H2,1H3. The van der Waals surface area contributed by atoms with Gasteiger partial charge < -0.3 is 9.64 Å². The van der Waals surface area contributed by atoms with Crippen molar-refractivity contribution in [3.05, 3.63) is 54.4 Å². The molecule has 0 aliphatic carbocycles. The average molecular weight is 342 g/mol. The van der Waals surface area contributed by atoms with Crippen molar-refractivity contribution in [3.8, 4) is 5.75 Å². The molecule has 1 aliphatic rings. The molecule has 1 atom stereocenters. The Bertz CT molecular complexity index is 661. The van der Waals surface area contributed by atoms with Crippen LogP contribution in [-0.2, 0) is 0 Å². The number of carbonyl (C=O) groups is 1. The number of benzene rings is 1. The Labute approximate surface area is 147 Å². The summed E-state index contributed by atoms with van der Waals surface area (Å²) in [6, 6.07) is 11.6. The van der Waals surface area contributed by atoms with Crippen molar-refractivity contribution in [2.24, 2.45) is 5.92 Å². The third-order valence-corrected chi connectivity index (χ3v) is 5.02. The molecule has 24 heavy (non-hydrogen) atoms. The fraction of sp³-hybridized carbons (Fsp3) is 0.368. The molecule has 1 unspecified atom stereocenters. The van der Waals surface area contributed by atoms with Gasteiger partial charge in [0.2, 0.25) is 0 Å². The van der Waals surface area contributed by atoms with Crippen molar-refractivity contribution in [2.75, 3.05) is 26.0 Å². The van der Waals surface area contributed by atoms with Crippen molar-refractivity contribution in [1.82, 2.24) is 9.88 Å². The van der Waals surface area contributed by atoms with Crippen LogP contribution in [0.4, 0.5) is 0 Å². The van der Waals surface area contributed by atoms with Gasteiger partial charge in [0.1, 0.15) is 5.75 Å². The van der Waals surface area contributed by atoms with Crippen molar-refractivity contribution in [1.29, 1.82) is 0 Å². The lowest BCUT2D eigenvalue weighted by molar-refractivity contribution is 0.0633. The van der Waals surface area contributed by atoms with E-state index in [-0.39, 0.29) is 5.91 Å². The Morgan fingerprint density at radius 2 is 2.00 bits per heavy atom. The van der Waals surface area contributed by atoms with Gasteiger partial charge in [0.15, 0.2) is 0 Å². The van der Waals surface area contributed by atoms with Gasteiger partial charge in [-0.2, -0.15) is 0 Å². The molecule has 0 N–H and O–H groups in total. The van der Waals surface area contributed by atoms with E-state index in [1.54, 1.807) is 24.2 Å². The number of thioether (sulfide) groups is 1. The monoisotopic (exact) mass is 342 g/mol. The van der Waals surface area contributed by atoms with E-state index in [0.29, 0.717) is 12.5 Å². The summed E-state index contributed by atoms with van der Waals surface area (Å²) in [6.45, 7) is 2.22. The Hall–Kier alpha value is -2.01. The first-order chi connectivity index (χ1) is 11.8. The number of hydrogen-bond donors (Lipinski definition) is 0. The minimum Gasteiger partial charge on any atom is -0.493 e. The van der Waals surface area contributed by atoms with E-state index in [2.05, 4.69) is 4.98 Å². The lowest BCUT2D eigenvalue weighted by Gasteiger charge is -2.32. The normalized spacial score (nSPS) is 17.5. The van der Waals surface area contributed by atoms with Crippen LogP contribution in [-0.4, -0.2) is 41.7 Å². The molecule has 4 nitrogen and oxygen atoms in total. The smallest absolute Gasteiger partial charge is 0.253 e. The van der Waals surface area contributed by atoms with Crippen LogP contribution in [0.3, 0.4) is 0 Å². The predicted octanol–water partition coefficient (Wildman–Crippen LogP) is 3.73. The van der Waals surface area contributed by atoms with Gasteiger partial charge in [0.25, 0.3) is 5.91 Å². The number of likely N-dealkylation sites (tertiary alicyclic amines) is 1. The first-order valence-electron chi connectivity index (χ1n) is 8.22. The molecule has 1 saturated heterocycles. The molecule has 3 rings (SSSR count). The van der Waals surface area contributed by atoms with Crippen LogP contribution in [0.5, 0.6) is 5.75 Å². The highest BCUT2D eigenvalue weighted by molar-refractivity contribution is 7.98. The van der Waals surface area contributed by atoms with Crippen LogP contribution in [0.2, 0.25) is 0 Å². The molecule has 126 valence electrons. The number of nitrogens with zero attached hydrogens (tertiary/aromatic N) is 2. The van der Waals surface area contributed by atoms with E-state index in [1.165, 1.54) is 4.90 Å². The second-order valence-corrected chi connectivity index (χ2v) is 6.86. The largest absolute Gasteiger partial charge is 0.493 e. The van der Waals surface area contributed by atoms with Crippen LogP contribution in [0.25, 0.3) is 0 Å². The summed E-state index contributed by atoms with van der Waals surface area (Å²) in [5.74, 6) is 1.33. The number of rotatable bonds is 5. The Morgan fingerprint density at radius 1 is 1.25 bits per heavy atom. The summed E-state index contributed by atoms with van der Waals surface area (Å²) in [4.78, 5) is 19.8. The molecular weight excluding hydrogens is 320 g/mol. The van der Waals surface area contributed by atoms with Gasteiger partial charge in [-0.3, -0.25) is 9.78 Å². The van der Waals surface area contributed by atoms with Crippen molar-refractivity contribution in [2.45, 2.75) is 17.7 Å². The van der Waals surface area contributed by atoms with Gasteiger partial charge in [-0.1, -0.05) is 0 Å². The van der Waals surface area contributed by atoms with Gasteiger partial charge >= 0.3 is 0 Å². The summed E-state index contributed by atoms with van der Waals surface area (Å²) in [6.07, 6.45) is 7.61. The third-order valence-electron chi connectivity index (χ3n) is 4.28. The Kier molecular flexibility index (Phi) is 5.75. The zero-order valence-corrected chi connectivity index (χ0v) is 14.7. The zero-order valence-electron chi connectivity index (χ0n) is 13.9. The van der Waals surface area contributed by atoms with Crippen molar-refractivity contribution in [3.63, 3.8) is 0 Å². The minimum absolute atomic E-state index is 0.122. The van der Waals surface area contributed by atoms with Crippen LogP contribution in [0.15, 0.2) is 53.7 Å². The number of amides is 1. The molecule has 2 aromatic rings. The molecule has 0 spiro atoms. The second-order valence-electron chi connectivity index (χ2n) is 5.98. The van der Waals surface area contributed by atoms with Crippen LogP contribution in [0.1, 0.15) is 23.2 Å². The molecule has 1 fully saturated rings. The molecule has 5 heteroatoms. The first-order valence-corrected chi connectivity index (χ1v) is 9.45. The zero-order chi connectivity index (χ0) is 16.8. The average Bonchev–Trinajstić information content (AvgIpc) is 2.67. The molecular formula is C19H22N2O2S. The summed E-state index contributed by atoms with van der Waals surface area (Å²) in [7, 11) is 0. The molecule has 1 aromatic carbocycles. The first kappa shape index (κ1) is 16.8. The molecule has 1 amide bonds. The highest BCUT2D eigenvalue weighted by Crippen LogP contribution is 2.21. The number of pyridine rings is 1. The topological polar surface area (TPSA) is 42.4 Å². The maximum absolute atomic E-state index is 12.7. The van der Waals surface area contributed by atoms with Crippen molar-refractivity contribution >= 4 is 17.7 Å². The van der Waals surface area contributed by atoms with Gasteiger partial charge in [-0.25, -0.2) is 0 Å². The molecule has 1 aliphatic heterocycles. The van der Waals surface area contributed by atoms with E-state index >= 15 is 0 Å². The van der Waals surface area contributed by atoms with E-state index in [0.717, 1.165) is 37.2 Å². The molecule has 1 aromatic heterocycles. The fourth-order valence-electron chi connectivity index (χ4n) is 2.95. The number of hydrogen-bond acceptors (Lipinski definition) is 4. The summed E-state index contributed by atoms with van der Waals surface area (Å²) in [5.41, 5.74) is 0.767. The number of carbonyl (C=O) groups excluding carboxylic acids is 1. The second kappa shape index (κ2) is 8.20. The SMILES string of the molecule is CSc1ccc(C(=O)N2CCCC(COc3ccncc3)C2)cc1. The lowest BCUT2D eigenvalue weighted by Crippen LogP contribution is -2.41. The quantitative estimate of drug-likeness (QED) is 0.777. The fourth-order valence-corrected chi connectivity index (χ4v) is 3.36.